The van der Waals surface area contributed by atoms with Gasteiger partial charge in [0.05, 0.1) is 10.7 Å². The smallest absolute Gasteiger partial charge is 0.223 e. The number of hydrogen-bond acceptors (Lipinski definition) is 5. The molecule has 0 spiro atoms. The van der Waals surface area contributed by atoms with E-state index in [0.29, 0.717) is 24.3 Å². The fraction of sp³-hybridized carbons (Fsp3) is 0.500. The van der Waals surface area contributed by atoms with Crippen LogP contribution in [0, 0.1) is 6.92 Å². The third-order valence-corrected chi connectivity index (χ3v) is 4.57. The molecule has 0 amide bonds. The third kappa shape index (κ3) is 4.88. The maximum Gasteiger partial charge on any atom is 0.223 e. The Morgan fingerprint density at radius 3 is 3.00 bits per heavy atom. The predicted molar refractivity (Wildman–Crippen MR) is 104 cm³/mol. The standard InChI is InChI=1S/C18H25ClN6O/c1-3-20-18(21-11-17-22-13(2)26-24-17)23-14-7-6-10-25(12-14)16-9-5-4-8-15(16)19/h4-5,8-9,14H,3,6-7,10-12H2,1-2H3,(H2,20,21,23). The average Bonchev–Trinajstić information content (AvgIpc) is 3.06. The molecule has 26 heavy (non-hydrogen) atoms. The summed E-state index contributed by atoms with van der Waals surface area (Å²) in [5.74, 6) is 1.90. The second kappa shape index (κ2) is 8.89. The van der Waals surface area contributed by atoms with Gasteiger partial charge in [0, 0.05) is 32.6 Å². The Morgan fingerprint density at radius 1 is 1.42 bits per heavy atom. The van der Waals surface area contributed by atoms with Crippen molar-refractivity contribution in [1.82, 2.24) is 20.8 Å². The number of benzene rings is 1. The van der Waals surface area contributed by atoms with Gasteiger partial charge in [-0.3, -0.25) is 0 Å². The number of rotatable bonds is 5. The first-order chi connectivity index (χ1) is 12.7. The number of nitrogens with zero attached hydrogens (tertiary/aromatic N) is 4. The lowest BCUT2D eigenvalue weighted by Gasteiger charge is -2.35. The van der Waals surface area contributed by atoms with Gasteiger partial charge in [-0.25, -0.2) is 4.99 Å². The van der Waals surface area contributed by atoms with E-state index in [1.54, 1.807) is 6.92 Å². The van der Waals surface area contributed by atoms with Crippen molar-refractivity contribution in [3.05, 3.63) is 41.0 Å². The van der Waals surface area contributed by atoms with E-state index in [0.717, 1.165) is 49.1 Å². The maximum absolute atomic E-state index is 6.36. The zero-order valence-electron chi connectivity index (χ0n) is 15.2. The lowest BCUT2D eigenvalue weighted by Crippen LogP contribution is -2.51. The van der Waals surface area contributed by atoms with Crippen molar-refractivity contribution in [3.8, 4) is 0 Å². The Bertz CT molecular complexity index is 747. The Morgan fingerprint density at radius 2 is 2.27 bits per heavy atom. The Hall–Kier alpha value is -2.28. The zero-order chi connectivity index (χ0) is 18.4. The molecule has 3 rings (SSSR count). The molecular formula is C18H25ClN6O. The van der Waals surface area contributed by atoms with Crippen LogP contribution in [-0.2, 0) is 6.54 Å². The third-order valence-electron chi connectivity index (χ3n) is 4.25. The van der Waals surface area contributed by atoms with Crippen LogP contribution in [0.2, 0.25) is 5.02 Å². The first-order valence-corrected chi connectivity index (χ1v) is 9.37. The molecule has 1 aromatic heterocycles. The largest absolute Gasteiger partial charge is 0.368 e. The second-order valence-electron chi connectivity index (χ2n) is 6.31. The highest BCUT2D eigenvalue weighted by molar-refractivity contribution is 6.33. The Labute approximate surface area is 158 Å². The highest BCUT2D eigenvalue weighted by Crippen LogP contribution is 2.27. The van der Waals surface area contributed by atoms with E-state index < -0.39 is 0 Å². The first kappa shape index (κ1) is 18.5. The lowest BCUT2D eigenvalue weighted by atomic mass is 10.0. The molecule has 1 aliphatic heterocycles. The second-order valence-corrected chi connectivity index (χ2v) is 6.71. The van der Waals surface area contributed by atoms with E-state index in [1.165, 1.54) is 0 Å². The number of aryl methyl sites for hydroxylation is 1. The van der Waals surface area contributed by atoms with Gasteiger partial charge in [0.25, 0.3) is 0 Å². The average molecular weight is 377 g/mol. The van der Waals surface area contributed by atoms with E-state index in [9.17, 15) is 0 Å². The fourth-order valence-corrected chi connectivity index (χ4v) is 3.35. The van der Waals surface area contributed by atoms with E-state index in [4.69, 9.17) is 16.1 Å². The van der Waals surface area contributed by atoms with E-state index in [-0.39, 0.29) is 0 Å². The molecule has 0 aliphatic carbocycles. The van der Waals surface area contributed by atoms with Crippen LogP contribution in [0.4, 0.5) is 5.69 Å². The highest BCUT2D eigenvalue weighted by Gasteiger charge is 2.22. The molecule has 140 valence electrons. The molecular weight excluding hydrogens is 352 g/mol. The molecule has 1 saturated heterocycles. The van der Waals surface area contributed by atoms with Crippen molar-refractivity contribution in [2.75, 3.05) is 24.5 Å². The number of aliphatic imine (C=N–C) groups is 1. The molecule has 1 unspecified atom stereocenters. The monoisotopic (exact) mass is 376 g/mol. The predicted octanol–water partition coefficient (Wildman–Crippen LogP) is 2.76. The number of para-hydroxylation sites is 1. The summed E-state index contributed by atoms with van der Waals surface area (Å²) in [6.07, 6.45) is 2.19. The minimum absolute atomic E-state index is 0.296. The number of anilines is 1. The summed E-state index contributed by atoms with van der Waals surface area (Å²) in [6.45, 7) is 6.89. The minimum Gasteiger partial charge on any atom is -0.368 e. The van der Waals surface area contributed by atoms with Crippen molar-refractivity contribution in [2.24, 2.45) is 4.99 Å². The van der Waals surface area contributed by atoms with Gasteiger partial charge in [-0.15, -0.1) is 0 Å². The molecule has 1 aromatic carbocycles. The van der Waals surface area contributed by atoms with Crippen LogP contribution in [0.25, 0.3) is 0 Å². The summed E-state index contributed by atoms with van der Waals surface area (Å²) in [4.78, 5) is 11.1. The minimum atomic E-state index is 0.296. The van der Waals surface area contributed by atoms with Crippen LogP contribution in [0.15, 0.2) is 33.8 Å². The summed E-state index contributed by atoms with van der Waals surface area (Å²) >= 11 is 6.36. The lowest BCUT2D eigenvalue weighted by molar-refractivity contribution is 0.387. The zero-order valence-corrected chi connectivity index (χ0v) is 16.0. The van der Waals surface area contributed by atoms with Crippen molar-refractivity contribution in [2.45, 2.75) is 39.3 Å². The first-order valence-electron chi connectivity index (χ1n) is 8.99. The van der Waals surface area contributed by atoms with Crippen LogP contribution in [0.1, 0.15) is 31.5 Å². The Kier molecular flexibility index (Phi) is 6.33. The van der Waals surface area contributed by atoms with E-state index in [2.05, 4.69) is 36.7 Å². The summed E-state index contributed by atoms with van der Waals surface area (Å²) in [6, 6.07) is 8.29. The van der Waals surface area contributed by atoms with Crippen molar-refractivity contribution >= 4 is 23.2 Å². The summed E-state index contributed by atoms with van der Waals surface area (Å²) in [5, 5.41) is 11.5. The van der Waals surface area contributed by atoms with Gasteiger partial charge in [0.15, 0.2) is 11.8 Å². The van der Waals surface area contributed by atoms with Crippen LogP contribution in [-0.4, -0.2) is 41.8 Å². The maximum atomic E-state index is 6.36. The van der Waals surface area contributed by atoms with Gasteiger partial charge in [-0.05, 0) is 31.9 Å². The molecule has 8 heteroatoms. The van der Waals surface area contributed by atoms with Gasteiger partial charge < -0.3 is 20.1 Å². The molecule has 2 N–H and O–H groups in total. The van der Waals surface area contributed by atoms with Crippen LogP contribution >= 0.6 is 11.6 Å². The summed E-state index contributed by atoms with van der Waals surface area (Å²) in [7, 11) is 0. The SMILES string of the molecule is CCNC(=NCc1noc(C)n1)NC1CCCN(c2ccccc2Cl)C1. The molecule has 1 atom stereocenters. The van der Waals surface area contributed by atoms with Crippen molar-refractivity contribution in [3.63, 3.8) is 0 Å². The Balaban J connectivity index is 1.63. The van der Waals surface area contributed by atoms with Gasteiger partial charge >= 0.3 is 0 Å². The highest BCUT2D eigenvalue weighted by atomic mass is 35.5. The quantitative estimate of drug-likeness (QED) is 0.617. The number of hydrogen-bond donors (Lipinski definition) is 2. The number of guanidine groups is 1. The van der Waals surface area contributed by atoms with Gasteiger partial charge in [-0.2, -0.15) is 4.98 Å². The van der Waals surface area contributed by atoms with Crippen LogP contribution in [0.5, 0.6) is 0 Å². The fourth-order valence-electron chi connectivity index (χ4n) is 3.09. The van der Waals surface area contributed by atoms with Gasteiger partial charge in [-0.1, -0.05) is 28.9 Å². The molecule has 0 saturated carbocycles. The molecule has 7 nitrogen and oxygen atoms in total. The molecule has 1 aliphatic rings. The summed E-state index contributed by atoms with van der Waals surface area (Å²) in [5.41, 5.74) is 1.09. The van der Waals surface area contributed by atoms with Gasteiger partial charge in [0.1, 0.15) is 6.54 Å². The molecule has 0 bridgehead atoms. The van der Waals surface area contributed by atoms with Gasteiger partial charge in [0.2, 0.25) is 5.89 Å². The molecule has 0 radical (unpaired) electrons. The number of halogens is 1. The summed E-state index contributed by atoms with van der Waals surface area (Å²) < 4.78 is 4.99. The number of nitrogens with one attached hydrogen (secondary N) is 2. The molecule has 1 fully saturated rings. The van der Waals surface area contributed by atoms with Crippen molar-refractivity contribution in [1.29, 1.82) is 0 Å². The van der Waals surface area contributed by atoms with E-state index in [1.807, 2.05) is 25.1 Å². The molecule has 2 heterocycles. The molecule has 2 aromatic rings. The number of piperidine rings is 1. The van der Waals surface area contributed by atoms with E-state index >= 15 is 0 Å². The van der Waals surface area contributed by atoms with Crippen LogP contribution < -0.4 is 15.5 Å². The number of aromatic nitrogens is 2. The topological polar surface area (TPSA) is 78.6 Å². The normalized spacial score (nSPS) is 18.0. The van der Waals surface area contributed by atoms with Crippen molar-refractivity contribution < 1.29 is 4.52 Å². The van der Waals surface area contributed by atoms with Crippen LogP contribution in [0.3, 0.4) is 0 Å².